The van der Waals surface area contributed by atoms with Crippen LogP contribution in [-0.4, -0.2) is 19.3 Å². The van der Waals surface area contributed by atoms with Crippen molar-refractivity contribution in [2.45, 2.75) is 57.4 Å². The van der Waals surface area contributed by atoms with Crippen molar-refractivity contribution in [1.29, 1.82) is 0 Å². The van der Waals surface area contributed by atoms with Crippen molar-refractivity contribution in [1.82, 2.24) is 0 Å². The molecule has 3 unspecified atom stereocenters. The Bertz CT molecular complexity index is 365. The smallest absolute Gasteiger partial charge is 0.0469 e. The molecule has 1 aromatic carbocycles. The summed E-state index contributed by atoms with van der Waals surface area (Å²) in [6.07, 6.45) is 7.11. The van der Waals surface area contributed by atoms with Crippen LogP contribution < -0.4 is 5.73 Å². The Kier molecular flexibility index (Phi) is 6.55. The van der Waals surface area contributed by atoms with E-state index in [2.05, 4.69) is 37.3 Å². The molecular formula is C18H29NO. The van der Waals surface area contributed by atoms with Gasteiger partial charge in [-0.15, -0.1) is 0 Å². The lowest BCUT2D eigenvalue weighted by atomic mass is 9.74. The maximum Gasteiger partial charge on any atom is 0.0469 e. The first-order valence-electron chi connectivity index (χ1n) is 8.19. The highest BCUT2D eigenvalue weighted by Crippen LogP contribution is 2.36. The molecule has 1 aliphatic rings. The van der Waals surface area contributed by atoms with E-state index >= 15 is 0 Å². The van der Waals surface area contributed by atoms with E-state index in [4.69, 9.17) is 10.5 Å². The highest BCUT2D eigenvalue weighted by atomic mass is 16.5. The summed E-state index contributed by atoms with van der Waals surface area (Å²) in [5, 5.41) is 0. The van der Waals surface area contributed by atoms with Gasteiger partial charge in [0.25, 0.3) is 0 Å². The van der Waals surface area contributed by atoms with Crippen LogP contribution in [0, 0.1) is 5.92 Å². The number of hydrogen-bond acceptors (Lipinski definition) is 2. The standard InChI is InChI=1S/C18H29NO/c1-2-3-12-20-13-11-17-14-16(9-10-18(17)19)15-7-5-4-6-8-15/h4-8,16-18H,2-3,9-14,19H2,1H3. The Labute approximate surface area is 123 Å². The summed E-state index contributed by atoms with van der Waals surface area (Å²) in [5.41, 5.74) is 7.79. The molecule has 112 valence electrons. The molecule has 2 heteroatoms. The van der Waals surface area contributed by atoms with Gasteiger partial charge in [-0.3, -0.25) is 0 Å². The SMILES string of the molecule is CCCCOCCC1CC(c2ccccc2)CCC1N. The van der Waals surface area contributed by atoms with E-state index in [1.54, 1.807) is 0 Å². The average Bonchev–Trinajstić information content (AvgIpc) is 2.49. The Hall–Kier alpha value is -0.860. The summed E-state index contributed by atoms with van der Waals surface area (Å²) in [5.74, 6) is 1.31. The predicted octanol–water partition coefficient (Wildman–Crippen LogP) is 4.10. The van der Waals surface area contributed by atoms with Gasteiger partial charge in [0.15, 0.2) is 0 Å². The molecular weight excluding hydrogens is 246 g/mol. The van der Waals surface area contributed by atoms with Crippen molar-refractivity contribution in [2.24, 2.45) is 11.7 Å². The van der Waals surface area contributed by atoms with E-state index in [1.165, 1.54) is 31.2 Å². The summed E-state index contributed by atoms with van der Waals surface area (Å²) >= 11 is 0. The summed E-state index contributed by atoms with van der Waals surface area (Å²) < 4.78 is 5.71. The van der Waals surface area contributed by atoms with E-state index in [1.807, 2.05) is 0 Å². The zero-order valence-corrected chi connectivity index (χ0v) is 12.8. The number of unbranched alkanes of at least 4 members (excludes halogenated alkanes) is 1. The fourth-order valence-corrected chi connectivity index (χ4v) is 3.23. The topological polar surface area (TPSA) is 35.2 Å². The second-order valence-corrected chi connectivity index (χ2v) is 6.10. The van der Waals surface area contributed by atoms with Crippen molar-refractivity contribution < 1.29 is 4.74 Å². The molecule has 0 amide bonds. The van der Waals surface area contributed by atoms with Gasteiger partial charge in [0, 0.05) is 19.3 Å². The molecule has 3 atom stereocenters. The fourth-order valence-electron chi connectivity index (χ4n) is 3.23. The Balaban J connectivity index is 1.79. The first kappa shape index (κ1) is 15.5. The fraction of sp³-hybridized carbons (Fsp3) is 0.667. The van der Waals surface area contributed by atoms with Crippen LogP contribution in [0.4, 0.5) is 0 Å². The van der Waals surface area contributed by atoms with Crippen molar-refractivity contribution in [3.8, 4) is 0 Å². The molecule has 0 aliphatic heterocycles. The van der Waals surface area contributed by atoms with Gasteiger partial charge in [0.2, 0.25) is 0 Å². The van der Waals surface area contributed by atoms with E-state index in [0.717, 1.165) is 26.1 Å². The quantitative estimate of drug-likeness (QED) is 0.760. The Morgan fingerprint density at radius 2 is 1.95 bits per heavy atom. The van der Waals surface area contributed by atoms with Gasteiger partial charge in [0.05, 0.1) is 0 Å². The molecule has 0 radical (unpaired) electrons. The molecule has 2 N–H and O–H groups in total. The second-order valence-electron chi connectivity index (χ2n) is 6.10. The minimum absolute atomic E-state index is 0.365. The Morgan fingerprint density at radius 3 is 2.70 bits per heavy atom. The van der Waals surface area contributed by atoms with Crippen LogP contribution in [-0.2, 0) is 4.74 Å². The van der Waals surface area contributed by atoms with Crippen LogP contribution >= 0.6 is 0 Å². The molecule has 1 fully saturated rings. The zero-order valence-electron chi connectivity index (χ0n) is 12.8. The molecule has 0 spiro atoms. The van der Waals surface area contributed by atoms with Crippen molar-refractivity contribution in [3.05, 3.63) is 35.9 Å². The summed E-state index contributed by atoms with van der Waals surface area (Å²) in [6.45, 7) is 3.98. The van der Waals surface area contributed by atoms with Gasteiger partial charge < -0.3 is 10.5 Å². The van der Waals surface area contributed by atoms with E-state index in [-0.39, 0.29) is 0 Å². The van der Waals surface area contributed by atoms with E-state index < -0.39 is 0 Å². The summed E-state index contributed by atoms with van der Waals surface area (Å²) in [4.78, 5) is 0. The number of benzene rings is 1. The minimum atomic E-state index is 0.365. The lowest BCUT2D eigenvalue weighted by Crippen LogP contribution is -2.36. The monoisotopic (exact) mass is 275 g/mol. The molecule has 1 aliphatic carbocycles. The number of rotatable bonds is 7. The van der Waals surface area contributed by atoms with Gasteiger partial charge in [0.1, 0.15) is 0 Å². The Morgan fingerprint density at radius 1 is 1.15 bits per heavy atom. The van der Waals surface area contributed by atoms with Crippen molar-refractivity contribution in [2.75, 3.05) is 13.2 Å². The van der Waals surface area contributed by atoms with Gasteiger partial charge in [-0.2, -0.15) is 0 Å². The lowest BCUT2D eigenvalue weighted by Gasteiger charge is -2.34. The van der Waals surface area contributed by atoms with E-state index in [9.17, 15) is 0 Å². The van der Waals surface area contributed by atoms with Gasteiger partial charge >= 0.3 is 0 Å². The molecule has 2 rings (SSSR count). The third-order valence-corrected chi connectivity index (χ3v) is 4.59. The van der Waals surface area contributed by atoms with Crippen LogP contribution in [0.2, 0.25) is 0 Å². The number of hydrogen-bond donors (Lipinski definition) is 1. The minimum Gasteiger partial charge on any atom is -0.381 e. The molecule has 0 aromatic heterocycles. The number of nitrogens with two attached hydrogens (primary N) is 1. The number of ether oxygens (including phenoxy) is 1. The summed E-state index contributed by atoms with van der Waals surface area (Å²) in [6, 6.07) is 11.3. The van der Waals surface area contributed by atoms with Crippen LogP contribution in [0.15, 0.2) is 30.3 Å². The molecule has 1 aromatic rings. The van der Waals surface area contributed by atoms with Crippen LogP contribution in [0.1, 0.15) is 56.9 Å². The first-order valence-corrected chi connectivity index (χ1v) is 8.19. The third kappa shape index (κ3) is 4.60. The third-order valence-electron chi connectivity index (χ3n) is 4.59. The zero-order chi connectivity index (χ0) is 14.2. The second kappa shape index (κ2) is 8.43. The predicted molar refractivity (Wildman–Crippen MR) is 84.8 cm³/mol. The normalized spacial score (nSPS) is 26.6. The van der Waals surface area contributed by atoms with Gasteiger partial charge in [-0.1, -0.05) is 43.7 Å². The maximum absolute atomic E-state index is 6.30. The van der Waals surface area contributed by atoms with Crippen molar-refractivity contribution >= 4 is 0 Å². The maximum atomic E-state index is 6.30. The molecule has 0 heterocycles. The molecule has 2 nitrogen and oxygen atoms in total. The first-order chi connectivity index (χ1) is 9.81. The van der Waals surface area contributed by atoms with Crippen molar-refractivity contribution in [3.63, 3.8) is 0 Å². The average molecular weight is 275 g/mol. The van der Waals surface area contributed by atoms with Gasteiger partial charge in [-0.25, -0.2) is 0 Å². The van der Waals surface area contributed by atoms with Gasteiger partial charge in [-0.05, 0) is 49.5 Å². The molecule has 0 saturated heterocycles. The largest absolute Gasteiger partial charge is 0.381 e. The highest BCUT2D eigenvalue weighted by molar-refractivity contribution is 5.20. The summed E-state index contributed by atoms with van der Waals surface area (Å²) in [7, 11) is 0. The highest BCUT2D eigenvalue weighted by Gasteiger charge is 2.28. The molecule has 20 heavy (non-hydrogen) atoms. The van der Waals surface area contributed by atoms with Crippen LogP contribution in [0.25, 0.3) is 0 Å². The molecule has 1 saturated carbocycles. The van der Waals surface area contributed by atoms with Crippen LogP contribution in [0.3, 0.4) is 0 Å². The molecule has 0 bridgehead atoms. The van der Waals surface area contributed by atoms with E-state index in [0.29, 0.717) is 17.9 Å². The lowest BCUT2D eigenvalue weighted by molar-refractivity contribution is 0.105. The van der Waals surface area contributed by atoms with Crippen LogP contribution in [0.5, 0.6) is 0 Å².